The van der Waals surface area contributed by atoms with Gasteiger partial charge in [0.15, 0.2) is 0 Å². The zero-order valence-corrected chi connectivity index (χ0v) is 17.9. The average Bonchev–Trinajstić information content (AvgIpc) is 2.66. The Kier molecular flexibility index (Phi) is 12.8. The van der Waals surface area contributed by atoms with Crippen LogP contribution in [-0.2, 0) is 19.2 Å². The van der Waals surface area contributed by atoms with E-state index in [0.29, 0.717) is 25.8 Å². The predicted molar refractivity (Wildman–Crippen MR) is 110 cm³/mol. The van der Waals surface area contributed by atoms with Gasteiger partial charge in [0.1, 0.15) is 12.1 Å². The smallest absolute Gasteiger partial charge is 0.326 e. The predicted octanol–water partition coefficient (Wildman–Crippen LogP) is -0.685. The molecular formula is C19H37N5O5. The Morgan fingerprint density at radius 2 is 1.59 bits per heavy atom. The van der Waals surface area contributed by atoms with E-state index in [1.807, 2.05) is 6.92 Å². The van der Waals surface area contributed by atoms with E-state index >= 15 is 0 Å². The van der Waals surface area contributed by atoms with Crippen LogP contribution in [-0.4, -0.2) is 60.0 Å². The van der Waals surface area contributed by atoms with E-state index in [4.69, 9.17) is 11.5 Å². The zero-order chi connectivity index (χ0) is 22.6. The minimum atomic E-state index is -1.13. The van der Waals surface area contributed by atoms with Crippen LogP contribution >= 0.6 is 0 Å². The van der Waals surface area contributed by atoms with E-state index in [2.05, 4.69) is 16.0 Å². The summed E-state index contributed by atoms with van der Waals surface area (Å²) in [6, 6.07) is -2.64. The van der Waals surface area contributed by atoms with E-state index in [9.17, 15) is 24.3 Å². The van der Waals surface area contributed by atoms with Crippen LogP contribution in [0, 0.1) is 11.8 Å². The van der Waals surface area contributed by atoms with Gasteiger partial charge in [-0.15, -0.1) is 0 Å². The van der Waals surface area contributed by atoms with Crippen molar-refractivity contribution in [2.24, 2.45) is 23.3 Å². The first-order valence-electron chi connectivity index (χ1n) is 10.1. The summed E-state index contributed by atoms with van der Waals surface area (Å²) in [5.74, 6) is -3.20. The highest BCUT2D eigenvalue weighted by atomic mass is 16.4. The van der Waals surface area contributed by atoms with Gasteiger partial charge in [-0.25, -0.2) is 4.79 Å². The Hall–Kier alpha value is -2.20. The summed E-state index contributed by atoms with van der Waals surface area (Å²) in [4.78, 5) is 48.0. The average molecular weight is 416 g/mol. The number of aliphatic carboxylic acids is 1. The Morgan fingerprint density at radius 1 is 0.966 bits per heavy atom. The molecule has 0 saturated carbocycles. The van der Waals surface area contributed by atoms with Gasteiger partial charge < -0.3 is 32.5 Å². The fourth-order valence-electron chi connectivity index (χ4n) is 2.62. The Labute approximate surface area is 172 Å². The SMILES string of the molecule is CCC(C)C(NC(=O)CNC(=O)C(NC(=O)C(N)CCCCN)C(C)C)C(=O)O. The fraction of sp³-hybridized carbons (Fsp3) is 0.789. The number of carboxylic acid groups (broad SMARTS) is 1. The summed E-state index contributed by atoms with van der Waals surface area (Å²) < 4.78 is 0. The normalized spacial score (nSPS) is 15.1. The number of carbonyl (C=O) groups is 4. The lowest BCUT2D eigenvalue weighted by molar-refractivity contribution is -0.143. The molecule has 4 unspecified atom stereocenters. The molecule has 0 saturated heterocycles. The number of rotatable bonds is 14. The van der Waals surface area contributed by atoms with Gasteiger partial charge >= 0.3 is 5.97 Å². The first kappa shape index (κ1) is 26.8. The molecule has 168 valence electrons. The fourth-order valence-corrected chi connectivity index (χ4v) is 2.62. The van der Waals surface area contributed by atoms with Crippen LogP contribution < -0.4 is 27.4 Å². The number of amides is 3. The third-order valence-electron chi connectivity index (χ3n) is 4.77. The van der Waals surface area contributed by atoms with Crippen LogP contribution in [0.15, 0.2) is 0 Å². The van der Waals surface area contributed by atoms with Gasteiger partial charge in [-0.3, -0.25) is 14.4 Å². The molecule has 4 atom stereocenters. The van der Waals surface area contributed by atoms with Crippen molar-refractivity contribution >= 4 is 23.7 Å². The van der Waals surface area contributed by atoms with Crippen molar-refractivity contribution in [3.8, 4) is 0 Å². The summed E-state index contributed by atoms with van der Waals surface area (Å²) in [6.45, 7) is 7.19. The van der Waals surface area contributed by atoms with Crippen molar-refractivity contribution in [1.29, 1.82) is 0 Å². The number of nitrogens with one attached hydrogen (secondary N) is 3. The zero-order valence-electron chi connectivity index (χ0n) is 17.9. The lowest BCUT2D eigenvalue weighted by Crippen LogP contribution is -2.55. The third-order valence-corrected chi connectivity index (χ3v) is 4.77. The Balaban J connectivity index is 4.72. The molecule has 29 heavy (non-hydrogen) atoms. The van der Waals surface area contributed by atoms with Crippen molar-refractivity contribution in [2.75, 3.05) is 13.1 Å². The van der Waals surface area contributed by atoms with E-state index < -0.39 is 41.8 Å². The highest BCUT2D eigenvalue weighted by molar-refractivity contribution is 5.92. The van der Waals surface area contributed by atoms with Gasteiger partial charge in [0.2, 0.25) is 17.7 Å². The van der Waals surface area contributed by atoms with Crippen LogP contribution in [0.5, 0.6) is 0 Å². The molecule has 0 heterocycles. The topological polar surface area (TPSA) is 177 Å². The standard InChI is InChI=1S/C19H37N5O5/c1-5-12(4)16(19(28)29)23-14(25)10-22-18(27)15(11(2)3)24-17(26)13(21)8-6-7-9-20/h11-13,15-16H,5-10,20-21H2,1-4H3,(H,22,27)(H,23,25)(H,24,26)(H,28,29). The molecule has 0 aromatic heterocycles. The van der Waals surface area contributed by atoms with Crippen molar-refractivity contribution in [2.45, 2.75) is 71.5 Å². The lowest BCUT2D eigenvalue weighted by Gasteiger charge is -2.24. The second-order valence-corrected chi connectivity index (χ2v) is 7.61. The van der Waals surface area contributed by atoms with Crippen LogP contribution in [0.3, 0.4) is 0 Å². The maximum absolute atomic E-state index is 12.4. The van der Waals surface area contributed by atoms with E-state index in [-0.39, 0.29) is 18.4 Å². The summed E-state index contributed by atoms with van der Waals surface area (Å²) in [6.07, 6.45) is 2.52. The quantitative estimate of drug-likeness (QED) is 0.203. The molecule has 0 aliphatic rings. The van der Waals surface area contributed by atoms with Gasteiger partial charge in [-0.2, -0.15) is 0 Å². The maximum atomic E-state index is 12.4. The molecule has 0 fully saturated rings. The minimum Gasteiger partial charge on any atom is -0.480 e. The van der Waals surface area contributed by atoms with Gasteiger partial charge in [0, 0.05) is 0 Å². The largest absolute Gasteiger partial charge is 0.480 e. The Morgan fingerprint density at radius 3 is 2.07 bits per heavy atom. The summed E-state index contributed by atoms with van der Waals surface area (Å²) >= 11 is 0. The van der Waals surface area contributed by atoms with Gasteiger partial charge in [-0.05, 0) is 31.2 Å². The number of hydrogen-bond donors (Lipinski definition) is 6. The van der Waals surface area contributed by atoms with E-state index in [1.54, 1.807) is 20.8 Å². The molecule has 10 heteroatoms. The molecular weight excluding hydrogens is 378 g/mol. The maximum Gasteiger partial charge on any atom is 0.326 e. The second-order valence-electron chi connectivity index (χ2n) is 7.61. The summed E-state index contributed by atoms with van der Waals surface area (Å²) in [5.41, 5.74) is 11.3. The monoisotopic (exact) mass is 415 g/mol. The van der Waals surface area contributed by atoms with Crippen LogP contribution in [0.4, 0.5) is 0 Å². The number of carbonyl (C=O) groups excluding carboxylic acids is 3. The summed E-state index contributed by atoms with van der Waals surface area (Å²) in [7, 11) is 0. The number of unbranched alkanes of at least 4 members (excludes halogenated alkanes) is 1. The molecule has 0 aliphatic carbocycles. The van der Waals surface area contributed by atoms with Crippen molar-refractivity contribution in [3.05, 3.63) is 0 Å². The highest BCUT2D eigenvalue weighted by Crippen LogP contribution is 2.08. The van der Waals surface area contributed by atoms with Crippen molar-refractivity contribution in [3.63, 3.8) is 0 Å². The number of hydrogen-bond acceptors (Lipinski definition) is 6. The molecule has 0 bridgehead atoms. The molecule has 10 nitrogen and oxygen atoms in total. The minimum absolute atomic E-state index is 0.231. The van der Waals surface area contributed by atoms with Crippen LogP contribution in [0.1, 0.15) is 53.4 Å². The summed E-state index contributed by atoms with van der Waals surface area (Å²) in [5, 5.41) is 16.7. The number of nitrogens with two attached hydrogens (primary N) is 2. The van der Waals surface area contributed by atoms with E-state index in [0.717, 1.165) is 6.42 Å². The molecule has 0 radical (unpaired) electrons. The highest BCUT2D eigenvalue weighted by Gasteiger charge is 2.28. The first-order chi connectivity index (χ1) is 13.5. The molecule has 8 N–H and O–H groups in total. The molecule has 0 spiro atoms. The molecule has 0 aromatic carbocycles. The lowest BCUT2D eigenvalue weighted by atomic mass is 9.99. The van der Waals surface area contributed by atoms with Gasteiger partial charge in [0.25, 0.3) is 0 Å². The molecule has 0 aliphatic heterocycles. The van der Waals surface area contributed by atoms with Crippen LogP contribution in [0.2, 0.25) is 0 Å². The van der Waals surface area contributed by atoms with Crippen molar-refractivity contribution in [1.82, 2.24) is 16.0 Å². The molecule has 0 aromatic rings. The number of carboxylic acids is 1. The van der Waals surface area contributed by atoms with E-state index in [1.165, 1.54) is 0 Å². The second kappa shape index (κ2) is 13.9. The molecule has 3 amide bonds. The van der Waals surface area contributed by atoms with Gasteiger partial charge in [-0.1, -0.05) is 40.5 Å². The Bertz CT molecular complexity index is 555. The van der Waals surface area contributed by atoms with Crippen LogP contribution in [0.25, 0.3) is 0 Å². The van der Waals surface area contributed by atoms with Gasteiger partial charge in [0.05, 0.1) is 12.6 Å². The first-order valence-corrected chi connectivity index (χ1v) is 10.1. The van der Waals surface area contributed by atoms with Crippen molar-refractivity contribution < 1.29 is 24.3 Å². The third kappa shape index (κ3) is 10.2. The molecule has 0 rings (SSSR count).